The largest absolute Gasteiger partial charge is 0.399 e. The van der Waals surface area contributed by atoms with Crippen molar-refractivity contribution in [3.8, 4) is 11.4 Å². The van der Waals surface area contributed by atoms with Crippen molar-refractivity contribution in [2.24, 2.45) is 0 Å². The number of nitrogen functional groups attached to an aromatic ring is 1. The number of benzene rings is 1. The average molecular weight is 271 g/mol. The van der Waals surface area contributed by atoms with Crippen molar-refractivity contribution >= 4 is 5.69 Å². The summed E-state index contributed by atoms with van der Waals surface area (Å²) < 4.78 is 37.8. The summed E-state index contributed by atoms with van der Waals surface area (Å²) in [5, 5.41) is 10.7. The minimum Gasteiger partial charge on any atom is -0.399 e. The molecule has 2 aromatic rings. The van der Waals surface area contributed by atoms with Crippen LogP contribution in [-0.4, -0.2) is 26.4 Å². The predicted octanol–water partition coefficient (Wildman–Crippen LogP) is 2.18. The van der Waals surface area contributed by atoms with Gasteiger partial charge in [0.15, 0.2) is 5.82 Å². The highest BCUT2D eigenvalue weighted by atomic mass is 19.4. The maximum atomic E-state index is 12.2. The summed E-state index contributed by atoms with van der Waals surface area (Å²) in [5.74, 6) is 0.277. The number of nitrogens with zero attached hydrogens (tertiary/aromatic N) is 4. The van der Waals surface area contributed by atoms with E-state index in [1.165, 1.54) is 0 Å². The van der Waals surface area contributed by atoms with Crippen LogP contribution in [0.1, 0.15) is 12.0 Å². The van der Waals surface area contributed by atoms with Gasteiger partial charge in [-0.25, -0.2) is 4.68 Å². The van der Waals surface area contributed by atoms with E-state index in [0.29, 0.717) is 11.3 Å². The number of aromatic nitrogens is 4. The molecule has 1 heterocycles. The summed E-state index contributed by atoms with van der Waals surface area (Å²) in [4.78, 5) is 0. The van der Waals surface area contributed by atoms with Gasteiger partial charge in [0.25, 0.3) is 0 Å². The number of halogens is 3. The third kappa shape index (κ3) is 3.43. The first-order valence-corrected chi connectivity index (χ1v) is 5.55. The second-order valence-corrected chi connectivity index (χ2v) is 4.22. The van der Waals surface area contributed by atoms with Crippen molar-refractivity contribution in [2.45, 2.75) is 26.1 Å². The second-order valence-electron chi connectivity index (χ2n) is 4.22. The molecule has 0 unspecified atom stereocenters. The maximum Gasteiger partial charge on any atom is 0.390 e. The van der Waals surface area contributed by atoms with E-state index in [1.54, 1.807) is 18.2 Å². The number of rotatable bonds is 3. The topological polar surface area (TPSA) is 69.6 Å². The zero-order valence-corrected chi connectivity index (χ0v) is 10.1. The van der Waals surface area contributed by atoms with E-state index in [0.717, 1.165) is 10.2 Å². The smallest absolute Gasteiger partial charge is 0.390 e. The Labute approximate surface area is 107 Å². The van der Waals surface area contributed by atoms with Gasteiger partial charge in [-0.2, -0.15) is 13.2 Å². The van der Waals surface area contributed by atoms with E-state index < -0.39 is 12.6 Å². The number of anilines is 1. The summed E-state index contributed by atoms with van der Waals surface area (Å²) in [6.45, 7) is 1.52. The van der Waals surface area contributed by atoms with Gasteiger partial charge in [0.1, 0.15) is 0 Å². The van der Waals surface area contributed by atoms with Gasteiger partial charge in [-0.05, 0) is 41.1 Å². The van der Waals surface area contributed by atoms with Gasteiger partial charge < -0.3 is 5.73 Å². The first-order chi connectivity index (χ1) is 8.85. The molecule has 1 aromatic carbocycles. The molecule has 19 heavy (non-hydrogen) atoms. The molecule has 0 saturated heterocycles. The summed E-state index contributed by atoms with van der Waals surface area (Å²) >= 11 is 0. The monoisotopic (exact) mass is 271 g/mol. The summed E-state index contributed by atoms with van der Waals surface area (Å²) in [6, 6.07) is 5.16. The fraction of sp³-hybridized carbons (Fsp3) is 0.364. The van der Waals surface area contributed by atoms with Crippen molar-refractivity contribution in [1.29, 1.82) is 0 Å². The molecule has 0 aliphatic rings. The molecule has 0 saturated carbocycles. The molecule has 5 nitrogen and oxygen atoms in total. The van der Waals surface area contributed by atoms with E-state index in [4.69, 9.17) is 5.73 Å². The quantitative estimate of drug-likeness (QED) is 0.869. The molecule has 0 amide bonds. The lowest BCUT2D eigenvalue weighted by molar-refractivity contribution is -0.137. The standard InChI is InChI=1S/C11H12F3N5/c1-7-4-8(6-9(15)5-7)10-16-17-18-19(10)3-2-11(12,13)14/h4-6H,2-3,15H2,1H3. The molecule has 8 heteroatoms. The molecule has 0 atom stereocenters. The van der Waals surface area contributed by atoms with Gasteiger partial charge in [0.2, 0.25) is 0 Å². The van der Waals surface area contributed by atoms with Gasteiger partial charge in [0, 0.05) is 11.3 Å². The van der Waals surface area contributed by atoms with Crippen LogP contribution in [0.25, 0.3) is 11.4 Å². The molecule has 0 spiro atoms. The fourth-order valence-corrected chi connectivity index (χ4v) is 1.74. The lowest BCUT2D eigenvalue weighted by Crippen LogP contribution is -2.14. The zero-order chi connectivity index (χ0) is 14.0. The molecule has 0 radical (unpaired) electrons. The Balaban J connectivity index is 2.28. The van der Waals surface area contributed by atoms with Gasteiger partial charge in [-0.1, -0.05) is 0 Å². The summed E-state index contributed by atoms with van der Waals surface area (Å²) in [6.07, 6.45) is -5.22. The van der Waals surface area contributed by atoms with Crippen LogP contribution in [0.2, 0.25) is 0 Å². The Morgan fingerprint density at radius 2 is 2.00 bits per heavy atom. The third-order valence-corrected chi connectivity index (χ3v) is 2.50. The number of hydrogen-bond acceptors (Lipinski definition) is 4. The van der Waals surface area contributed by atoms with Crippen molar-refractivity contribution in [3.05, 3.63) is 23.8 Å². The molecular weight excluding hydrogens is 259 g/mol. The van der Waals surface area contributed by atoms with E-state index in [9.17, 15) is 13.2 Å². The number of alkyl halides is 3. The molecule has 1 aromatic heterocycles. The van der Waals surface area contributed by atoms with E-state index >= 15 is 0 Å². The van der Waals surface area contributed by atoms with E-state index in [2.05, 4.69) is 15.5 Å². The molecule has 2 rings (SSSR count). The highest BCUT2D eigenvalue weighted by molar-refractivity contribution is 5.62. The van der Waals surface area contributed by atoms with Crippen molar-refractivity contribution in [3.63, 3.8) is 0 Å². The molecule has 0 aliphatic heterocycles. The minimum atomic E-state index is -4.24. The van der Waals surface area contributed by atoms with Gasteiger partial charge in [-0.15, -0.1) is 5.10 Å². The fourth-order valence-electron chi connectivity index (χ4n) is 1.74. The average Bonchev–Trinajstić information content (AvgIpc) is 2.72. The van der Waals surface area contributed by atoms with Crippen LogP contribution in [0, 0.1) is 6.92 Å². The highest BCUT2D eigenvalue weighted by Crippen LogP contribution is 2.24. The third-order valence-electron chi connectivity index (χ3n) is 2.50. The van der Waals surface area contributed by atoms with Crippen LogP contribution in [-0.2, 0) is 6.54 Å². The van der Waals surface area contributed by atoms with Crippen molar-refractivity contribution in [1.82, 2.24) is 20.2 Å². The Kier molecular flexibility index (Phi) is 3.41. The van der Waals surface area contributed by atoms with E-state index in [1.807, 2.05) is 6.92 Å². The molecule has 0 bridgehead atoms. The van der Waals surface area contributed by atoms with Crippen LogP contribution in [0.15, 0.2) is 18.2 Å². The first kappa shape index (κ1) is 13.3. The summed E-state index contributed by atoms with van der Waals surface area (Å²) in [5.41, 5.74) is 7.71. The van der Waals surface area contributed by atoms with Crippen LogP contribution in [0.3, 0.4) is 0 Å². The highest BCUT2D eigenvalue weighted by Gasteiger charge is 2.27. The maximum absolute atomic E-state index is 12.2. The minimum absolute atomic E-state index is 0.277. The van der Waals surface area contributed by atoms with Crippen LogP contribution < -0.4 is 5.73 Å². The molecule has 0 aliphatic carbocycles. The molecule has 2 N–H and O–H groups in total. The Bertz CT molecular complexity index is 556. The van der Waals surface area contributed by atoms with Crippen LogP contribution in [0.4, 0.5) is 18.9 Å². The molecule has 102 valence electrons. The van der Waals surface area contributed by atoms with Gasteiger partial charge in [0.05, 0.1) is 13.0 Å². The Morgan fingerprint density at radius 3 is 2.63 bits per heavy atom. The van der Waals surface area contributed by atoms with Crippen molar-refractivity contribution in [2.75, 3.05) is 5.73 Å². The molecule has 0 fully saturated rings. The Hall–Kier alpha value is -2.12. The predicted molar refractivity (Wildman–Crippen MR) is 63.1 cm³/mol. The van der Waals surface area contributed by atoms with Crippen molar-refractivity contribution < 1.29 is 13.2 Å². The lowest BCUT2D eigenvalue weighted by Gasteiger charge is -2.08. The SMILES string of the molecule is Cc1cc(N)cc(-c2nnnn2CCC(F)(F)F)c1. The second kappa shape index (κ2) is 4.87. The first-order valence-electron chi connectivity index (χ1n) is 5.55. The molecular formula is C11H12F3N5. The normalized spacial score (nSPS) is 11.8. The van der Waals surface area contributed by atoms with Gasteiger partial charge in [-0.3, -0.25) is 0 Å². The number of aryl methyl sites for hydroxylation is 2. The number of hydrogen-bond donors (Lipinski definition) is 1. The summed E-state index contributed by atoms with van der Waals surface area (Å²) in [7, 11) is 0. The number of nitrogens with two attached hydrogens (primary N) is 1. The van der Waals surface area contributed by atoms with Crippen LogP contribution in [0.5, 0.6) is 0 Å². The number of tetrazole rings is 1. The van der Waals surface area contributed by atoms with Gasteiger partial charge >= 0.3 is 6.18 Å². The Morgan fingerprint density at radius 1 is 1.26 bits per heavy atom. The zero-order valence-electron chi connectivity index (χ0n) is 10.1. The van der Waals surface area contributed by atoms with Crippen LogP contribution >= 0.6 is 0 Å². The van der Waals surface area contributed by atoms with E-state index in [-0.39, 0.29) is 12.4 Å². The lowest BCUT2D eigenvalue weighted by atomic mass is 10.1.